The number of nitrogens with zero attached hydrogens (tertiary/aromatic N) is 1. The zero-order chi connectivity index (χ0) is 14.6. The predicted octanol–water partition coefficient (Wildman–Crippen LogP) is 3.49. The Morgan fingerprint density at radius 3 is 2.85 bits per heavy atom. The molecule has 1 aromatic heterocycles. The van der Waals surface area contributed by atoms with E-state index < -0.39 is 10.0 Å². The number of alkyl halides is 1. The molecular formula is C13H15ClN2O2S2. The molecule has 20 heavy (non-hydrogen) atoms. The minimum Gasteiger partial charge on any atom is -0.284 e. The second-order valence-corrected chi connectivity index (χ2v) is 7.58. The summed E-state index contributed by atoms with van der Waals surface area (Å²) in [4.78, 5) is 4.39. The monoisotopic (exact) mass is 330 g/mol. The van der Waals surface area contributed by atoms with Crippen molar-refractivity contribution >= 4 is 38.6 Å². The van der Waals surface area contributed by atoms with E-state index in [1.54, 1.807) is 23.5 Å². The van der Waals surface area contributed by atoms with E-state index in [1.165, 1.54) is 0 Å². The Morgan fingerprint density at radius 1 is 1.40 bits per heavy atom. The van der Waals surface area contributed by atoms with Crippen LogP contribution in [0.5, 0.6) is 0 Å². The third-order valence-corrected chi connectivity index (χ3v) is 5.01. The van der Waals surface area contributed by atoms with E-state index in [2.05, 4.69) is 9.71 Å². The lowest BCUT2D eigenvalue weighted by atomic mass is 10.1. The molecule has 0 amide bonds. The number of halogens is 1. The van der Waals surface area contributed by atoms with Crippen LogP contribution in [0.15, 0.2) is 29.6 Å². The number of rotatable bonds is 6. The maximum Gasteiger partial charge on any atom is 0.232 e. The van der Waals surface area contributed by atoms with Crippen LogP contribution in [-0.4, -0.2) is 25.0 Å². The first-order valence-electron chi connectivity index (χ1n) is 6.09. The van der Waals surface area contributed by atoms with E-state index in [-0.39, 0.29) is 5.75 Å². The van der Waals surface area contributed by atoms with Crippen LogP contribution in [0.25, 0.3) is 11.3 Å². The largest absolute Gasteiger partial charge is 0.284 e. The number of aryl methyl sites for hydroxylation is 1. The van der Waals surface area contributed by atoms with Gasteiger partial charge in [0.25, 0.3) is 0 Å². The lowest BCUT2D eigenvalue weighted by molar-refractivity contribution is 0.600. The summed E-state index contributed by atoms with van der Waals surface area (Å²) >= 11 is 7.08. The third kappa shape index (κ3) is 4.19. The standard InChI is InChI=1S/C13H15ClN2O2S2/c1-10-15-13(9-19-10)11-4-2-5-12(8-11)16-20(17,18)7-3-6-14/h2,4-5,8-9,16H,3,6-7H2,1H3. The van der Waals surface area contributed by atoms with E-state index in [0.29, 0.717) is 18.0 Å². The fourth-order valence-electron chi connectivity index (χ4n) is 1.71. The number of hydrogen-bond acceptors (Lipinski definition) is 4. The minimum absolute atomic E-state index is 0.0243. The van der Waals surface area contributed by atoms with Crippen LogP contribution in [0.1, 0.15) is 11.4 Å². The Hall–Kier alpha value is -1.11. The van der Waals surface area contributed by atoms with Crippen molar-refractivity contribution in [2.24, 2.45) is 0 Å². The molecule has 4 nitrogen and oxygen atoms in total. The maximum atomic E-state index is 11.8. The number of benzene rings is 1. The molecule has 2 rings (SSSR count). The van der Waals surface area contributed by atoms with Gasteiger partial charge in [-0.3, -0.25) is 4.72 Å². The number of hydrogen-bond donors (Lipinski definition) is 1. The van der Waals surface area contributed by atoms with Gasteiger partial charge in [0.1, 0.15) is 0 Å². The summed E-state index contributed by atoms with van der Waals surface area (Å²) in [5.74, 6) is 0.357. The molecule has 0 atom stereocenters. The average Bonchev–Trinajstić information content (AvgIpc) is 2.83. The van der Waals surface area contributed by atoms with E-state index in [1.807, 2.05) is 24.4 Å². The lowest BCUT2D eigenvalue weighted by Gasteiger charge is -2.08. The molecule has 7 heteroatoms. The molecule has 0 bridgehead atoms. The predicted molar refractivity (Wildman–Crippen MR) is 85.0 cm³/mol. The molecular weight excluding hydrogens is 316 g/mol. The Balaban J connectivity index is 2.18. The molecule has 108 valence electrons. The van der Waals surface area contributed by atoms with Gasteiger partial charge in [-0.15, -0.1) is 22.9 Å². The number of aromatic nitrogens is 1. The Kier molecular flexibility index (Phi) is 5.01. The highest BCUT2D eigenvalue weighted by molar-refractivity contribution is 7.92. The first-order chi connectivity index (χ1) is 9.50. The fraction of sp³-hybridized carbons (Fsp3) is 0.308. The normalized spacial score (nSPS) is 11.5. The molecule has 0 aliphatic carbocycles. The van der Waals surface area contributed by atoms with Gasteiger partial charge in [-0.25, -0.2) is 13.4 Å². The van der Waals surface area contributed by atoms with Gasteiger partial charge in [0, 0.05) is 22.5 Å². The smallest absolute Gasteiger partial charge is 0.232 e. The van der Waals surface area contributed by atoms with Crippen molar-refractivity contribution in [3.63, 3.8) is 0 Å². The van der Waals surface area contributed by atoms with Crippen molar-refractivity contribution in [2.75, 3.05) is 16.4 Å². The maximum absolute atomic E-state index is 11.8. The topological polar surface area (TPSA) is 59.1 Å². The molecule has 1 heterocycles. The summed E-state index contributed by atoms with van der Waals surface area (Å²) in [5.41, 5.74) is 2.30. The highest BCUT2D eigenvalue weighted by Crippen LogP contribution is 2.24. The van der Waals surface area contributed by atoms with Crippen molar-refractivity contribution in [1.29, 1.82) is 0 Å². The first kappa shape index (κ1) is 15.3. The number of anilines is 1. The molecule has 0 aliphatic rings. The van der Waals surface area contributed by atoms with Crippen LogP contribution >= 0.6 is 22.9 Å². The van der Waals surface area contributed by atoms with Crippen molar-refractivity contribution < 1.29 is 8.42 Å². The fourth-order valence-corrected chi connectivity index (χ4v) is 3.74. The summed E-state index contributed by atoms with van der Waals surface area (Å²) in [7, 11) is -3.34. The zero-order valence-electron chi connectivity index (χ0n) is 11.0. The summed E-state index contributed by atoms with van der Waals surface area (Å²) < 4.78 is 26.2. The number of sulfonamides is 1. The highest BCUT2D eigenvalue weighted by atomic mass is 35.5. The molecule has 1 N–H and O–H groups in total. The zero-order valence-corrected chi connectivity index (χ0v) is 13.4. The van der Waals surface area contributed by atoms with Gasteiger partial charge < -0.3 is 0 Å². The first-order valence-corrected chi connectivity index (χ1v) is 9.16. The van der Waals surface area contributed by atoms with Gasteiger partial charge in [-0.05, 0) is 25.5 Å². The summed E-state index contributed by atoms with van der Waals surface area (Å²) in [6, 6.07) is 7.22. The van der Waals surface area contributed by atoms with Crippen LogP contribution in [0.2, 0.25) is 0 Å². The SMILES string of the molecule is Cc1nc(-c2cccc(NS(=O)(=O)CCCCl)c2)cs1. The number of thiazole rings is 1. The van der Waals surface area contributed by atoms with Crippen LogP contribution in [0.4, 0.5) is 5.69 Å². The molecule has 0 aliphatic heterocycles. The molecule has 0 saturated carbocycles. The molecule has 0 saturated heterocycles. The van der Waals surface area contributed by atoms with Crippen LogP contribution in [0, 0.1) is 6.92 Å². The number of nitrogens with one attached hydrogen (secondary N) is 1. The van der Waals surface area contributed by atoms with Crippen molar-refractivity contribution in [2.45, 2.75) is 13.3 Å². The van der Waals surface area contributed by atoms with Gasteiger partial charge in [0.05, 0.1) is 16.5 Å². The molecule has 2 aromatic rings. The minimum atomic E-state index is -3.34. The molecule has 0 fully saturated rings. The third-order valence-electron chi connectivity index (χ3n) is 2.60. The lowest BCUT2D eigenvalue weighted by Crippen LogP contribution is -2.16. The van der Waals surface area contributed by atoms with Gasteiger partial charge in [0.15, 0.2) is 0 Å². The van der Waals surface area contributed by atoms with Gasteiger partial charge in [0.2, 0.25) is 10.0 Å². The van der Waals surface area contributed by atoms with E-state index in [4.69, 9.17) is 11.6 Å². The highest BCUT2D eigenvalue weighted by Gasteiger charge is 2.10. The van der Waals surface area contributed by atoms with Gasteiger partial charge in [-0.2, -0.15) is 0 Å². The molecule has 0 spiro atoms. The summed E-state index contributed by atoms with van der Waals surface area (Å²) in [5, 5.41) is 2.93. The van der Waals surface area contributed by atoms with E-state index in [0.717, 1.165) is 16.3 Å². The second kappa shape index (κ2) is 6.56. The van der Waals surface area contributed by atoms with E-state index in [9.17, 15) is 8.42 Å². The quantitative estimate of drug-likeness (QED) is 0.825. The average molecular weight is 331 g/mol. The molecule has 0 radical (unpaired) electrons. The van der Waals surface area contributed by atoms with E-state index >= 15 is 0 Å². The van der Waals surface area contributed by atoms with Gasteiger partial charge in [-0.1, -0.05) is 12.1 Å². The van der Waals surface area contributed by atoms with Crippen LogP contribution in [-0.2, 0) is 10.0 Å². The Bertz CT molecular complexity index is 683. The molecule has 1 aromatic carbocycles. The van der Waals surface area contributed by atoms with Crippen molar-refractivity contribution in [3.8, 4) is 11.3 Å². The Labute approximate surface area is 127 Å². The van der Waals surface area contributed by atoms with Crippen molar-refractivity contribution in [1.82, 2.24) is 4.98 Å². The Morgan fingerprint density at radius 2 is 2.20 bits per heavy atom. The van der Waals surface area contributed by atoms with Crippen LogP contribution in [0.3, 0.4) is 0 Å². The van der Waals surface area contributed by atoms with Crippen LogP contribution < -0.4 is 4.72 Å². The second-order valence-electron chi connectivity index (χ2n) is 4.30. The van der Waals surface area contributed by atoms with Crippen molar-refractivity contribution in [3.05, 3.63) is 34.7 Å². The van der Waals surface area contributed by atoms with Gasteiger partial charge >= 0.3 is 0 Å². The summed E-state index contributed by atoms with van der Waals surface area (Å²) in [6.07, 6.45) is 0.432. The summed E-state index contributed by atoms with van der Waals surface area (Å²) in [6.45, 7) is 1.94. The molecule has 0 unspecified atom stereocenters.